The highest BCUT2D eigenvalue weighted by molar-refractivity contribution is 5.98. The van der Waals surface area contributed by atoms with Crippen molar-refractivity contribution in [2.45, 2.75) is 12.8 Å². The number of hydrogen-bond donors (Lipinski definition) is 1. The van der Waals surface area contributed by atoms with Gasteiger partial charge in [-0.1, -0.05) is 30.3 Å². The Morgan fingerprint density at radius 1 is 0.933 bits per heavy atom. The second-order valence-electron chi connectivity index (χ2n) is 8.08. The fourth-order valence-corrected chi connectivity index (χ4v) is 4.06. The van der Waals surface area contributed by atoms with Gasteiger partial charge in [-0.3, -0.25) is 13.9 Å². The van der Waals surface area contributed by atoms with Crippen LogP contribution in [0.25, 0.3) is 11.0 Å². The predicted octanol–water partition coefficient (Wildman–Crippen LogP) is 2.20. The van der Waals surface area contributed by atoms with Gasteiger partial charge in [-0.15, -0.1) is 0 Å². The molecule has 4 rings (SSSR count). The van der Waals surface area contributed by atoms with Crippen LogP contribution >= 0.6 is 0 Å². The third kappa shape index (κ3) is 3.98. The molecule has 1 amide bonds. The van der Waals surface area contributed by atoms with Crippen LogP contribution in [0.1, 0.15) is 12.0 Å². The minimum absolute atomic E-state index is 0.0190. The number of likely N-dealkylation sites (N-methyl/N-ethyl adjacent to an activating group) is 1. The van der Waals surface area contributed by atoms with Crippen molar-refractivity contribution in [3.05, 3.63) is 58.5 Å². The van der Waals surface area contributed by atoms with Gasteiger partial charge in [0.1, 0.15) is 0 Å². The van der Waals surface area contributed by atoms with Crippen LogP contribution < -0.4 is 15.9 Å². The first-order valence-corrected chi connectivity index (χ1v) is 10.4. The molecule has 0 saturated carbocycles. The van der Waals surface area contributed by atoms with Crippen LogP contribution in [-0.4, -0.2) is 53.2 Å². The molecule has 2 heterocycles. The summed E-state index contributed by atoms with van der Waals surface area (Å²) >= 11 is 0. The van der Waals surface area contributed by atoms with E-state index in [2.05, 4.69) is 22.2 Å². The highest BCUT2D eigenvalue weighted by Gasteiger charge is 2.21. The molecular weight excluding hydrogens is 378 g/mol. The van der Waals surface area contributed by atoms with Crippen LogP contribution in [0.2, 0.25) is 0 Å². The van der Waals surface area contributed by atoms with E-state index < -0.39 is 0 Å². The van der Waals surface area contributed by atoms with E-state index in [0.717, 1.165) is 54.2 Å². The van der Waals surface area contributed by atoms with Crippen LogP contribution in [-0.2, 0) is 25.3 Å². The van der Waals surface area contributed by atoms with E-state index in [-0.39, 0.29) is 11.6 Å². The minimum atomic E-state index is -0.0677. The van der Waals surface area contributed by atoms with Gasteiger partial charge in [-0.05, 0) is 31.2 Å². The van der Waals surface area contributed by atoms with Crippen molar-refractivity contribution in [1.82, 2.24) is 14.0 Å². The first-order chi connectivity index (χ1) is 14.4. The maximum absolute atomic E-state index is 12.8. The highest BCUT2D eigenvalue weighted by Crippen LogP contribution is 2.32. The van der Waals surface area contributed by atoms with Gasteiger partial charge in [0.25, 0.3) is 0 Å². The fraction of sp³-hybridized carbons (Fsp3) is 0.391. The van der Waals surface area contributed by atoms with Gasteiger partial charge in [0.2, 0.25) is 5.91 Å². The van der Waals surface area contributed by atoms with Crippen molar-refractivity contribution >= 4 is 28.3 Å². The molecule has 0 unspecified atom stereocenters. The number of benzene rings is 2. The molecule has 0 bridgehead atoms. The summed E-state index contributed by atoms with van der Waals surface area (Å²) in [5.74, 6) is -0.0190. The molecule has 7 heteroatoms. The Morgan fingerprint density at radius 3 is 2.23 bits per heavy atom. The zero-order valence-electron chi connectivity index (χ0n) is 17.9. The molecule has 1 aliphatic heterocycles. The quantitative estimate of drug-likeness (QED) is 0.704. The van der Waals surface area contributed by atoms with Crippen molar-refractivity contribution in [3.63, 3.8) is 0 Å². The molecule has 1 saturated heterocycles. The predicted molar refractivity (Wildman–Crippen MR) is 121 cm³/mol. The largest absolute Gasteiger partial charge is 0.367 e. The van der Waals surface area contributed by atoms with Gasteiger partial charge >= 0.3 is 5.69 Å². The molecule has 158 valence electrons. The molecule has 0 aliphatic carbocycles. The number of carbonyl (C=O) groups is 1. The van der Waals surface area contributed by atoms with Crippen molar-refractivity contribution in [2.24, 2.45) is 14.1 Å². The van der Waals surface area contributed by atoms with Crippen molar-refractivity contribution in [3.8, 4) is 0 Å². The topological polar surface area (TPSA) is 62.5 Å². The van der Waals surface area contributed by atoms with E-state index in [1.54, 1.807) is 23.2 Å². The second kappa shape index (κ2) is 8.36. The number of nitrogens with one attached hydrogen (secondary N) is 1. The van der Waals surface area contributed by atoms with E-state index in [9.17, 15) is 9.59 Å². The van der Waals surface area contributed by atoms with E-state index >= 15 is 0 Å². The molecule has 1 fully saturated rings. The summed E-state index contributed by atoms with van der Waals surface area (Å²) in [6, 6.07) is 14.0. The van der Waals surface area contributed by atoms with Crippen LogP contribution in [0.3, 0.4) is 0 Å². The molecule has 1 N–H and O–H groups in total. The fourth-order valence-electron chi connectivity index (χ4n) is 4.06. The zero-order chi connectivity index (χ0) is 21.3. The SMILES string of the molecule is CN1CCN(c2cc3c(cc2NC(=O)CCc2ccccc2)n(C)c(=O)n3C)CC1. The second-order valence-corrected chi connectivity index (χ2v) is 8.08. The molecule has 30 heavy (non-hydrogen) atoms. The first kappa shape index (κ1) is 20.2. The first-order valence-electron chi connectivity index (χ1n) is 10.4. The lowest BCUT2D eigenvalue weighted by atomic mass is 10.1. The van der Waals surface area contributed by atoms with Gasteiger partial charge in [0.05, 0.1) is 22.4 Å². The van der Waals surface area contributed by atoms with E-state index in [1.807, 2.05) is 42.5 Å². The third-order valence-corrected chi connectivity index (χ3v) is 5.99. The number of imidazole rings is 1. The van der Waals surface area contributed by atoms with Gasteiger partial charge < -0.3 is 15.1 Å². The Hall–Kier alpha value is -3.06. The number of nitrogens with zero attached hydrogens (tertiary/aromatic N) is 4. The zero-order valence-corrected chi connectivity index (χ0v) is 17.9. The number of amides is 1. The summed E-state index contributed by atoms with van der Waals surface area (Å²) in [7, 11) is 5.67. The van der Waals surface area contributed by atoms with Crippen LogP contribution in [0, 0.1) is 0 Å². The van der Waals surface area contributed by atoms with E-state index in [1.165, 1.54) is 0 Å². The summed E-state index contributed by atoms with van der Waals surface area (Å²) in [6.45, 7) is 3.70. The van der Waals surface area contributed by atoms with Crippen LogP contribution in [0.5, 0.6) is 0 Å². The third-order valence-electron chi connectivity index (χ3n) is 5.99. The summed E-state index contributed by atoms with van der Waals surface area (Å²) < 4.78 is 3.29. The lowest BCUT2D eigenvalue weighted by Gasteiger charge is -2.35. The Labute approximate surface area is 176 Å². The molecule has 0 atom stereocenters. The van der Waals surface area contributed by atoms with Crippen molar-refractivity contribution < 1.29 is 4.79 Å². The van der Waals surface area contributed by atoms with Gasteiger partial charge in [-0.2, -0.15) is 0 Å². The average Bonchev–Trinajstić information content (AvgIpc) is 2.97. The van der Waals surface area contributed by atoms with E-state index in [4.69, 9.17) is 0 Å². The number of piperazine rings is 1. The summed E-state index contributed by atoms with van der Waals surface area (Å²) in [5.41, 5.74) is 4.52. The number of fused-ring (bicyclic) bond motifs is 1. The highest BCUT2D eigenvalue weighted by atomic mass is 16.2. The monoisotopic (exact) mass is 407 g/mol. The number of aromatic nitrogens is 2. The Kier molecular flexibility index (Phi) is 5.63. The number of hydrogen-bond acceptors (Lipinski definition) is 4. The molecule has 3 aromatic rings. The minimum Gasteiger partial charge on any atom is -0.367 e. The number of anilines is 2. The Balaban J connectivity index is 1.64. The summed E-state index contributed by atoms with van der Waals surface area (Å²) in [6.07, 6.45) is 1.11. The lowest BCUT2D eigenvalue weighted by Crippen LogP contribution is -2.44. The smallest absolute Gasteiger partial charge is 0.328 e. The summed E-state index contributed by atoms with van der Waals surface area (Å²) in [4.78, 5) is 29.8. The van der Waals surface area contributed by atoms with Gasteiger partial charge in [0, 0.05) is 46.7 Å². The van der Waals surface area contributed by atoms with E-state index in [0.29, 0.717) is 12.8 Å². The van der Waals surface area contributed by atoms with Crippen LogP contribution in [0.4, 0.5) is 11.4 Å². The Morgan fingerprint density at radius 2 is 1.57 bits per heavy atom. The van der Waals surface area contributed by atoms with Gasteiger partial charge in [-0.25, -0.2) is 4.79 Å². The molecule has 0 radical (unpaired) electrons. The molecule has 0 spiro atoms. The maximum Gasteiger partial charge on any atom is 0.328 e. The molecule has 1 aliphatic rings. The standard InChI is InChI=1S/C23H29N5O2/c1-25-11-13-28(14-12-25)19-16-21-20(26(2)23(30)27(21)3)15-18(19)24-22(29)10-9-17-7-5-4-6-8-17/h4-8,15-16H,9-14H2,1-3H3,(H,24,29). The average molecular weight is 408 g/mol. The van der Waals surface area contributed by atoms with Crippen molar-refractivity contribution in [2.75, 3.05) is 43.4 Å². The van der Waals surface area contributed by atoms with Crippen LogP contribution in [0.15, 0.2) is 47.3 Å². The number of rotatable bonds is 5. The summed E-state index contributed by atoms with van der Waals surface area (Å²) in [5, 5.41) is 3.12. The maximum atomic E-state index is 12.8. The molecular formula is C23H29N5O2. The van der Waals surface area contributed by atoms with Crippen molar-refractivity contribution in [1.29, 1.82) is 0 Å². The molecule has 7 nitrogen and oxygen atoms in total. The normalized spacial score (nSPS) is 15.0. The van der Waals surface area contributed by atoms with Gasteiger partial charge in [0.15, 0.2) is 0 Å². The number of carbonyl (C=O) groups excluding carboxylic acids is 1. The molecule has 1 aromatic heterocycles. The molecule has 2 aromatic carbocycles. The number of aryl methyl sites for hydroxylation is 3. The lowest BCUT2D eigenvalue weighted by molar-refractivity contribution is -0.116. The Bertz CT molecular complexity index is 1110.